The highest BCUT2D eigenvalue weighted by molar-refractivity contribution is 7.89. The van der Waals surface area contributed by atoms with Crippen LogP contribution in [0.1, 0.15) is 25.5 Å². The number of pyridine rings is 1. The summed E-state index contributed by atoms with van der Waals surface area (Å²) < 4.78 is 26.2. The molecule has 20 heavy (non-hydrogen) atoms. The Balaban J connectivity index is 1.96. The van der Waals surface area contributed by atoms with E-state index in [9.17, 15) is 13.5 Å². The van der Waals surface area contributed by atoms with Crippen LogP contribution < -0.4 is 0 Å². The van der Waals surface area contributed by atoms with Gasteiger partial charge in [-0.25, -0.2) is 12.7 Å². The lowest BCUT2D eigenvalue weighted by Gasteiger charge is -2.34. The standard InChI is InChI=1S/C14H22N2O3S/c1-2-12-11-16(9-6-14(12)17)20(18,19)10-7-13-5-3-4-8-15-13/h3-5,8,12,14,17H,2,6-7,9-11H2,1H3. The Morgan fingerprint density at radius 3 is 2.90 bits per heavy atom. The molecule has 0 spiro atoms. The summed E-state index contributed by atoms with van der Waals surface area (Å²) in [6, 6.07) is 5.51. The van der Waals surface area contributed by atoms with Gasteiger partial charge in [0, 0.05) is 31.4 Å². The number of rotatable bonds is 5. The van der Waals surface area contributed by atoms with Crippen LogP contribution in [0.25, 0.3) is 0 Å². The minimum atomic E-state index is -3.27. The van der Waals surface area contributed by atoms with Crippen molar-refractivity contribution >= 4 is 10.0 Å². The molecule has 0 bridgehead atoms. The third-order valence-corrected chi connectivity index (χ3v) is 5.76. The van der Waals surface area contributed by atoms with Gasteiger partial charge in [0.2, 0.25) is 10.0 Å². The van der Waals surface area contributed by atoms with E-state index in [-0.39, 0.29) is 17.8 Å². The fraction of sp³-hybridized carbons (Fsp3) is 0.643. The van der Waals surface area contributed by atoms with E-state index in [0.29, 0.717) is 25.9 Å². The van der Waals surface area contributed by atoms with E-state index < -0.39 is 10.0 Å². The second kappa shape index (κ2) is 6.65. The molecule has 2 unspecified atom stereocenters. The lowest BCUT2D eigenvalue weighted by Crippen LogP contribution is -2.46. The van der Waals surface area contributed by atoms with Crippen LogP contribution in [0.2, 0.25) is 0 Å². The molecule has 1 aromatic heterocycles. The number of aliphatic hydroxyl groups is 1. The zero-order valence-electron chi connectivity index (χ0n) is 11.8. The Hall–Kier alpha value is -0.980. The molecule has 0 amide bonds. The maximum atomic E-state index is 12.3. The lowest BCUT2D eigenvalue weighted by molar-refractivity contribution is 0.0521. The molecule has 6 heteroatoms. The normalized spacial score (nSPS) is 24.7. The molecule has 2 heterocycles. The number of hydrogen-bond donors (Lipinski definition) is 1. The Bertz CT molecular complexity index is 518. The third-order valence-electron chi connectivity index (χ3n) is 3.92. The number of sulfonamides is 1. The van der Waals surface area contributed by atoms with Gasteiger partial charge >= 0.3 is 0 Å². The first kappa shape index (κ1) is 15.4. The average Bonchev–Trinajstić information content (AvgIpc) is 2.46. The molecule has 0 saturated carbocycles. The van der Waals surface area contributed by atoms with Crippen LogP contribution in [0.5, 0.6) is 0 Å². The quantitative estimate of drug-likeness (QED) is 0.882. The van der Waals surface area contributed by atoms with E-state index in [2.05, 4.69) is 4.98 Å². The van der Waals surface area contributed by atoms with E-state index in [0.717, 1.165) is 12.1 Å². The summed E-state index contributed by atoms with van der Waals surface area (Å²) >= 11 is 0. The number of aromatic nitrogens is 1. The zero-order valence-corrected chi connectivity index (χ0v) is 12.6. The molecule has 1 aromatic rings. The molecular formula is C14H22N2O3S. The first-order valence-electron chi connectivity index (χ1n) is 7.08. The zero-order chi connectivity index (χ0) is 14.6. The van der Waals surface area contributed by atoms with Crippen LogP contribution in [0.15, 0.2) is 24.4 Å². The van der Waals surface area contributed by atoms with Crippen molar-refractivity contribution in [3.63, 3.8) is 0 Å². The van der Waals surface area contributed by atoms with Gasteiger partial charge in [-0.15, -0.1) is 0 Å². The highest BCUT2D eigenvalue weighted by Crippen LogP contribution is 2.22. The van der Waals surface area contributed by atoms with Crippen molar-refractivity contribution in [2.24, 2.45) is 5.92 Å². The molecule has 2 atom stereocenters. The van der Waals surface area contributed by atoms with Gasteiger partial charge in [-0.2, -0.15) is 0 Å². The van der Waals surface area contributed by atoms with E-state index in [1.54, 1.807) is 6.20 Å². The van der Waals surface area contributed by atoms with Gasteiger partial charge in [0.05, 0.1) is 11.9 Å². The van der Waals surface area contributed by atoms with Crippen LogP contribution in [-0.2, 0) is 16.4 Å². The number of aryl methyl sites for hydroxylation is 1. The fourth-order valence-corrected chi connectivity index (χ4v) is 4.08. The molecule has 1 aliphatic rings. The Kier molecular flexibility index (Phi) is 5.12. The molecule has 0 aliphatic carbocycles. The molecule has 1 N–H and O–H groups in total. The minimum absolute atomic E-state index is 0.0494. The molecule has 5 nitrogen and oxygen atoms in total. The van der Waals surface area contributed by atoms with Crippen molar-refractivity contribution < 1.29 is 13.5 Å². The SMILES string of the molecule is CCC1CN(S(=O)(=O)CCc2ccccn2)CCC1O. The number of piperidine rings is 1. The Morgan fingerprint density at radius 1 is 1.45 bits per heavy atom. The molecular weight excluding hydrogens is 276 g/mol. The molecule has 0 aromatic carbocycles. The second-order valence-electron chi connectivity index (χ2n) is 5.27. The highest BCUT2D eigenvalue weighted by atomic mass is 32.2. The minimum Gasteiger partial charge on any atom is -0.393 e. The van der Waals surface area contributed by atoms with Crippen LogP contribution in [0.4, 0.5) is 0 Å². The summed E-state index contributed by atoms with van der Waals surface area (Å²) in [5.74, 6) is 0.129. The number of aliphatic hydroxyl groups excluding tert-OH is 1. The maximum Gasteiger partial charge on any atom is 0.214 e. The van der Waals surface area contributed by atoms with Crippen LogP contribution in [0, 0.1) is 5.92 Å². The molecule has 112 valence electrons. The van der Waals surface area contributed by atoms with Crippen molar-refractivity contribution in [3.8, 4) is 0 Å². The molecule has 0 radical (unpaired) electrons. The van der Waals surface area contributed by atoms with Crippen LogP contribution in [0.3, 0.4) is 0 Å². The second-order valence-corrected chi connectivity index (χ2v) is 7.36. The number of nitrogens with zero attached hydrogens (tertiary/aromatic N) is 2. The Labute approximate surface area is 120 Å². The topological polar surface area (TPSA) is 70.5 Å². The Morgan fingerprint density at radius 2 is 2.25 bits per heavy atom. The molecule has 1 aliphatic heterocycles. The smallest absolute Gasteiger partial charge is 0.214 e. The largest absolute Gasteiger partial charge is 0.393 e. The number of hydrogen-bond acceptors (Lipinski definition) is 4. The summed E-state index contributed by atoms with van der Waals surface area (Å²) in [4.78, 5) is 4.15. The summed E-state index contributed by atoms with van der Waals surface area (Å²) in [5, 5.41) is 9.83. The third kappa shape index (κ3) is 3.77. The van der Waals surface area contributed by atoms with Crippen LogP contribution >= 0.6 is 0 Å². The van der Waals surface area contributed by atoms with Gasteiger partial charge in [-0.3, -0.25) is 4.98 Å². The summed E-state index contributed by atoms with van der Waals surface area (Å²) in [7, 11) is -3.27. The van der Waals surface area contributed by atoms with Gasteiger partial charge in [0.15, 0.2) is 0 Å². The van der Waals surface area contributed by atoms with Crippen molar-refractivity contribution in [2.75, 3.05) is 18.8 Å². The van der Waals surface area contributed by atoms with E-state index >= 15 is 0 Å². The van der Waals surface area contributed by atoms with E-state index in [1.807, 2.05) is 25.1 Å². The first-order valence-corrected chi connectivity index (χ1v) is 8.69. The van der Waals surface area contributed by atoms with E-state index in [1.165, 1.54) is 4.31 Å². The van der Waals surface area contributed by atoms with Crippen molar-refractivity contribution in [1.29, 1.82) is 0 Å². The van der Waals surface area contributed by atoms with Gasteiger partial charge in [0.1, 0.15) is 0 Å². The van der Waals surface area contributed by atoms with Crippen LogP contribution in [-0.4, -0.2) is 47.8 Å². The highest BCUT2D eigenvalue weighted by Gasteiger charge is 2.32. The van der Waals surface area contributed by atoms with Gasteiger partial charge in [-0.1, -0.05) is 13.0 Å². The van der Waals surface area contributed by atoms with Crippen molar-refractivity contribution in [3.05, 3.63) is 30.1 Å². The van der Waals surface area contributed by atoms with E-state index in [4.69, 9.17) is 0 Å². The summed E-state index contributed by atoms with van der Waals surface area (Å²) in [5.41, 5.74) is 0.792. The molecule has 1 saturated heterocycles. The monoisotopic (exact) mass is 298 g/mol. The average molecular weight is 298 g/mol. The van der Waals surface area contributed by atoms with Crippen molar-refractivity contribution in [1.82, 2.24) is 9.29 Å². The predicted molar refractivity (Wildman–Crippen MR) is 77.7 cm³/mol. The van der Waals surface area contributed by atoms with Crippen molar-refractivity contribution in [2.45, 2.75) is 32.3 Å². The summed E-state index contributed by atoms with van der Waals surface area (Å²) in [6.07, 6.45) is 3.06. The summed E-state index contributed by atoms with van der Waals surface area (Å²) in [6.45, 7) is 2.84. The predicted octanol–water partition coefficient (Wildman–Crippen LogP) is 1.05. The fourth-order valence-electron chi connectivity index (χ4n) is 2.55. The molecule has 1 fully saturated rings. The molecule has 2 rings (SSSR count). The van der Waals surface area contributed by atoms with Gasteiger partial charge in [0.25, 0.3) is 0 Å². The van der Waals surface area contributed by atoms with Gasteiger partial charge < -0.3 is 5.11 Å². The lowest BCUT2D eigenvalue weighted by atomic mass is 9.94. The van der Waals surface area contributed by atoms with Gasteiger partial charge in [-0.05, 0) is 30.9 Å². The maximum absolute atomic E-state index is 12.3. The first-order chi connectivity index (χ1) is 9.53.